The summed E-state index contributed by atoms with van der Waals surface area (Å²) in [5, 5.41) is 8.80. The van der Waals surface area contributed by atoms with E-state index in [1.54, 1.807) is 6.07 Å². The Balaban J connectivity index is 1.81. The summed E-state index contributed by atoms with van der Waals surface area (Å²) in [6, 6.07) is 5.15. The van der Waals surface area contributed by atoms with Crippen molar-refractivity contribution in [1.29, 1.82) is 0 Å². The van der Waals surface area contributed by atoms with Gasteiger partial charge in [0.25, 0.3) is 0 Å². The van der Waals surface area contributed by atoms with Crippen molar-refractivity contribution >= 4 is 21.8 Å². The molecule has 0 spiro atoms. The van der Waals surface area contributed by atoms with Gasteiger partial charge in [0.05, 0.1) is 17.6 Å². The number of azo groups is 1. The quantitative estimate of drug-likeness (QED) is 0.601. The summed E-state index contributed by atoms with van der Waals surface area (Å²) in [6.45, 7) is 7.04. The molecule has 0 N–H and O–H groups in total. The third-order valence-corrected chi connectivity index (χ3v) is 5.24. The fraction of sp³-hybridized carbons (Fsp3) is 0.421. The zero-order valence-corrected chi connectivity index (χ0v) is 16.5. The van der Waals surface area contributed by atoms with E-state index in [0.29, 0.717) is 36.0 Å². The molecule has 0 fully saturated rings. The molecule has 0 bridgehead atoms. The number of aliphatic imine (C=N–C) groups is 1. The van der Waals surface area contributed by atoms with Crippen molar-refractivity contribution < 1.29 is 9.13 Å². The molecule has 0 saturated heterocycles. The normalized spacial score (nSPS) is 22.3. The summed E-state index contributed by atoms with van der Waals surface area (Å²) in [6.07, 6.45) is 2.32. The minimum absolute atomic E-state index is 0.148. The fourth-order valence-electron chi connectivity index (χ4n) is 3.33. The third kappa shape index (κ3) is 2.88. The largest absolute Gasteiger partial charge is 0.489 e. The van der Waals surface area contributed by atoms with E-state index < -0.39 is 0 Å². The van der Waals surface area contributed by atoms with Crippen molar-refractivity contribution in [2.24, 2.45) is 20.6 Å². The highest BCUT2D eigenvalue weighted by molar-refractivity contribution is 9.11. The van der Waals surface area contributed by atoms with Gasteiger partial charge in [-0.05, 0) is 27.6 Å². The number of nitrogens with zero attached hydrogens (tertiary/aromatic N) is 4. The lowest BCUT2D eigenvalue weighted by molar-refractivity contribution is 0.196. The van der Waals surface area contributed by atoms with E-state index in [-0.39, 0.29) is 23.9 Å². The summed E-state index contributed by atoms with van der Waals surface area (Å²) >= 11 is 3.57. The second-order valence-electron chi connectivity index (χ2n) is 7.62. The standard InChI is InChI=1S/C19H20BrFN4O/c1-19(2,3)18-24-23-16-13(20)9-15-17(25(16)18)22-10-12-11(7-8-26-15)5-4-6-14(12)21/h4-6,9,18H,7-8,10H2,1-3H3. The second-order valence-corrected chi connectivity index (χ2v) is 8.48. The Morgan fingerprint density at radius 1 is 1.31 bits per heavy atom. The van der Waals surface area contributed by atoms with Crippen LogP contribution in [0.4, 0.5) is 4.39 Å². The average molecular weight is 419 g/mol. The van der Waals surface area contributed by atoms with Crippen molar-refractivity contribution in [3.63, 3.8) is 0 Å². The first-order valence-electron chi connectivity index (χ1n) is 8.61. The van der Waals surface area contributed by atoms with Gasteiger partial charge in [-0.2, -0.15) is 5.11 Å². The van der Waals surface area contributed by atoms with Crippen LogP contribution in [0.25, 0.3) is 0 Å². The number of halogens is 2. The molecule has 1 aromatic carbocycles. The molecule has 1 atom stereocenters. The van der Waals surface area contributed by atoms with Gasteiger partial charge in [-0.3, -0.25) is 9.89 Å². The third-order valence-electron chi connectivity index (χ3n) is 4.66. The molecular formula is C19H20BrFN4O. The molecule has 3 aliphatic rings. The van der Waals surface area contributed by atoms with Crippen LogP contribution >= 0.6 is 15.9 Å². The Morgan fingerprint density at radius 2 is 2.12 bits per heavy atom. The first-order chi connectivity index (χ1) is 12.4. The van der Waals surface area contributed by atoms with Crippen LogP contribution in [0.1, 0.15) is 31.9 Å². The molecule has 1 aromatic rings. The zero-order chi connectivity index (χ0) is 18.5. The molecule has 0 radical (unpaired) electrons. The van der Waals surface area contributed by atoms with Crippen LogP contribution < -0.4 is 0 Å². The van der Waals surface area contributed by atoms with Crippen LogP contribution in [-0.4, -0.2) is 23.5 Å². The maximum atomic E-state index is 14.3. The van der Waals surface area contributed by atoms with Gasteiger partial charge in [0.15, 0.2) is 23.6 Å². The molecule has 1 unspecified atom stereocenters. The van der Waals surface area contributed by atoms with Crippen LogP contribution in [0.5, 0.6) is 0 Å². The summed E-state index contributed by atoms with van der Waals surface area (Å²) in [5.74, 6) is 1.80. The van der Waals surface area contributed by atoms with Gasteiger partial charge >= 0.3 is 0 Å². The molecule has 3 heterocycles. The maximum Gasteiger partial charge on any atom is 0.174 e. The van der Waals surface area contributed by atoms with Gasteiger partial charge in [-0.15, -0.1) is 5.11 Å². The predicted octanol–water partition coefficient (Wildman–Crippen LogP) is 4.90. The predicted molar refractivity (Wildman–Crippen MR) is 101 cm³/mol. The number of hydrogen-bond donors (Lipinski definition) is 0. The Labute approximate surface area is 160 Å². The Kier molecular flexibility index (Phi) is 4.22. The van der Waals surface area contributed by atoms with E-state index >= 15 is 0 Å². The SMILES string of the molecule is CC(C)(C)C1N=NC2=C(Br)C=C3OCCc4cccc(F)c4CN=C3N21. The highest BCUT2D eigenvalue weighted by Crippen LogP contribution is 2.40. The van der Waals surface area contributed by atoms with E-state index in [1.807, 2.05) is 17.0 Å². The molecular weight excluding hydrogens is 399 g/mol. The van der Waals surface area contributed by atoms with Gasteiger partial charge in [-0.1, -0.05) is 32.9 Å². The fourth-order valence-corrected chi connectivity index (χ4v) is 3.81. The number of benzene rings is 1. The minimum atomic E-state index is -0.227. The molecule has 7 heteroatoms. The lowest BCUT2D eigenvalue weighted by atomic mass is 9.91. The Morgan fingerprint density at radius 3 is 2.88 bits per heavy atom. The first kappa shape index (κ1) is 17.4. The zero-order valence-electron chi connectivity index (χ0n) is 15.0. The topological polar surface area (TPSA) is 49.6 Å². The number of hydrogen-bond acceptors (Lipinski definition) is 5. The number of amidine groups is 1. The van der Waals surface area contributed by atoms with Gasteiger partial charge in [0.2, 0.25) is 0 Å². The molecule has 3 aliphatic heterocycles. The van der Waals surface area contributed by atoms with E-state index in [4.69, 9.17) is 9.73 Å². The van der Waals surface area contributed by atoms with Crippen molar-refractivity contribution in [3.05, 3.63) is 57.3 Å². The van der Waals surface area contributed by atoms with E-state index in [9.17, 15) is 4.39 Å². The molecule has 0 aromatic heterocycles. The van der Waals surface area contributed by atoms with Gasteiger partial charge < -0.3 is 4.74 Å². The lowest BCUT2D eigenvalue weighted by Gasteiger charge is -2.36. The molecule has 136 valence electrons. The summed E-state index contributed by atoms with van der Waals surface area (Å²) in [5.41, 5.74) is 1.41. The Hall–Kier alpha value is -2.02. The summed E-state index contributed by atoms with van der Waals surface area (Å²) < 4.78 is 21.2. The molecule has 0 aliphatic carbocycles. The van der Waals surface area contributed by atoms with Gasteiger partial charge in [-0.25, -0.2) is 4.39 Å². The molecule has 0 amide bonds. The van der Waals surface area contributed by atoms with Gasteiger partial charge in [0.1, 0.15) is 5.82 Å². The van der Waals surface area contributed by atoms with E-state index in [2.05, 4.69) is 46.9 Å². The average Bonchev–Trinajstić information content (AvgIpc) is 3.03. The maximum absolute atomic E-state index is 14.3. The highest BCUT2D eigenvalue weighted by Gasteiger charge is 2.43. The first-order valence-corrected chi connectivity index (χ1v) is 9.41. The van der Waals surface area contributed by atoms with E-state index in [0.717, 1.165) is 10.0 Å². The van der Waals surface area contributed by atoms with Crippen LogP contribution in [-0.2, 0) is 17.7 Å². The number of allylic oxidation sites excluding steroid dienone is 2. The number of rotatable bonds is 0. The van der Waals surface area contributed by atoms with Crippen molar-refractivity contribution in [2.75, 3.05) is 6.61 Å². The van der Waals surface area contributed by atoms with Crippen LogP contribution in [0, 0.1) is 11.2 Å². The van der Waals surface area contributed by atoms with Gasteiger partial charge in [0, 0.05) is 23.5 Å². The summed E-state index contributed by atoms with van der Waals surface area (Å²) in [7, 11) is 0. The molecule has 26 heavy (non-hydrogen) atoms. The smallest absolute Gasteiger partial charge is 0.174 e. The highest BCUT2D eigenvalue weighted by atomic mass is 79.9. The Bertz CT molecular complexity index is 882. The summed E-state index contributed by atoms with van der Waals surface area (Å²) in [4.78, 5) is 6.73. The van der Waals surface area contributed by atoms with Crippen molar-refractivity contribution in [1.82, 2.24) is 4.90 Å². The number of ether oxygens (including phenoxy) is 1. The molecule has 4 rings (SSSR count). The van der Waals surface area contributed by atoms with Crippen molar-refractivity contribution in [3.8, 4) is 0 Å². The minimum Gasteiger partial charge on any atom is -0.489 e. The monoisotopic (exact) mass is 418 g/mol. The van der Waals surface area contributed by atoms with Crippen LogP contribution in [0.3, 0.4) is 0 Å². The van der Waals surface area contributed by atoms with Crippen LogP contribution in [0.2, 0.25) is 0 Å². The molecule has 5 nitrogen and oxygen atoms in total. The van der Waals surface area contributed by atoms with Crippen molar-refractivity contribution in [2.45, 2.75) is 39.9 Å². The van der Waals surface area contributed by atoms with E-state index in [1.165, 1.54) is 6.07 Å². The number of fused-ring (bicyclic) bond motifs is 4. The molecule has 0 saturated carbocycles. The second kappa shape index (κ2) is 6.30. The van der Waals surface area contributed by atoms with Crippen LogP contribution in [0.15, 0.2) is 55.6 Å². The lowest BCUT2D eigenvalue weighted by Crippen LogP contribution is -2.45.